The van der Waals surface area contributed by atoms with E-state index in [1.165, 1.54) is 10.7 Å². The molecule has 9 heteroatoms. The van der Waals surface area contributed by atoms with E-state index in [1.807, 2.05) is 19.9 Å². The normalized spacial score (nSPS) is 11.1. The second kappa shape index (κ2) is 7.18. The molecule has 0 aliphatic carbocycles. The lowest BCUT2D eigenvalue weighted by Gasteiger charge is -2.06. The standard InChI is InChI=1S/C17H18N6O3/c1-10-7-11(2)23-17(19-10)20-15(22-23)16(24)21-18-9-12-8-13(25-3)5-6-14(12)26-4/h5-9H,1-4H3,(H,21,24)/b18-9+. The van der Waals surface area contributed by atoms with Gasteiger partial charge < -0.3 is 9.47 Å². The molecular weight excluding hydrogens is 336 g/mol. The predicted molar refractivity (Wildman–Crippen MR) is 94.9 cm³/mol. The smallest absolute Gasteiger partial charge is 0.311 e. The largest absolute Gasteiger partial charge is 0.497 e. The Balaban J connectivity index is 1.79. The first-order valence-corrected chi connectivity index (χ1v) is 7.78. The molecular formula is C17H18N6O3. The van der Waals surface area contributed by atoms with Crippen molar-refractivity contribution in [2.45, 2.75) is 13.8 Å². The Morgan fingerprint density at radius 3 is 2.73 bits per heavy atom. The minimum Gasteiger partial charge on any atom is -0.497 e. The van der Waals surface area contributed by atoms with Gasteiger partial charge in [-0.2, -0.15) is 10.1 Å². The van der Waals surface area contributed by atoms with Crippen LogP contribution in [0.25, 0.3) is 5.78 Å². The van der Waals surface area contributed by atoms with E-state index in [0.29, 0.717) is 22.8 Å². The minimum absolute atomic E-state index is 0.0130. The van der Waals surface area contributed by atoms with E-state index in [-0.39, 0.29) is 5.82 Å². The summed E-state index contributed by atoms with van der Waals surface area (Å²) in [5.74, 6) is 1.07. The monoisotopic (exact) mass is 354 g/mol. The van der Waals surface area contributed by atoms with Crippen LogP contribution in [0.3, 0.4) is 0 Å². The number of amides is 1. The number of carbonyl (C=O) groups is 1. The van der Waals surface area contributed by atoms with E-state index in [1.54, 1.807) is 32.4 Å². The molecule has 1 amide bonds. The Morgan fingerprint density at radius 1 is 1.19 bits per heavy atom. The van der Waals surface area contributed by atoms with Gasteiger partial charge >= 0.3 is 5.91 Å². The van der Waals surface area contributed by atoms with E-state index in [9.17, 15) is 4.79 Å². The zero-order chi connectivity index (χ0) is 18.7. The maximum Gasteiger partial charge on any atom is 0.311 e. The van der Waals surface area contributed by atoms with Gasteiger partial charge in [0.2, 0.25) is 5.82 Å². The van der Waals surface area contributed by atoms with Gasteiger partial charge in [-0.15, -0.1) is 5.10 Å². The third-order valence-corrected chi connectivity index (χ3v) is 3.63. The molecule has 9 nitrogen and oxygen atoms in total. The summed E-state index contributed by atoms with van der Waals surface area (Å²) in [6.07, 6.45) is 1.46. The van der Waals surface area contributed by atoms with Gasteiger partial charge in [0.1, 0.15) is 11.5 Å². The summed E-state index contributed by atoms with van der Waals surface area (Å²) >= 11 is 0. The molecule has 0 fully saturated rings. The van der Waals surface area contributed by atoms with Crippen molar-refractivity contribution in [3.05, 3.63) is 47.0 Å². The Kier molecular flexibility index (Phi) is 4.78. The lowest BCUT2D eigenvalue weighted by Crippen LogP contribution is -2.19. The van der Waals surface area contributed by atoms with E-state index in [2.05, 4.69) is 25.6 Å². The second-order valence-corrected chi connectivity index (χ2v) is 5.49. The highest BCUT2D eigenvalue weighted by Gasteiger charge is 2.14. The zero-order valence-corrected chi connectivity index (χ0v) is 14.8. The van der Waals surface area contributed by atoms with Gasteiger partial charge in [-0.3, -0.25) is 4.79 Å². The molecule has 1 N–H and O–H groups in total. The number of ether oxygens (including phenoxy) is 2. The van der Waals surface area contributed by atoms with E-state index in [0.717, 1.165) is 11.4 Å². The summed E-state index contributed by atoms with van der Waals surface area (Å²) < 4.78 is 11.9. The molecule has 0 atom stereocenters. The lowest BCUT2D eigenvalue weighted by atomic mass is 10.2. The summed E-state index contributed by atoms with van der Waals surface area (Å²) in [5, 5.41) is 8.09. The van der Waals surface area contributed by atoms with Gasteiger partial charge in [0.25, 0.3) is 5.78 Å². The van der Waals surface area contributed by atoms with Crippen LogP contribution in [0.1, 0.15) is 27.6 Å². The van der Waals surface area contributed by atoms with Gasteiger partial charge in [-0.25, -0.2) is 14.9 Å². The molecule has 0 spiro atoms. The number of benzene rings is 1. The van der Waals surface area contributed by atoms with E-state index in [4.69, 9.17) is 9.47 Å². The molecule has 0 radical (unpaired) electrons. The van der Waals surface area contributed by atoms with Gasteiger partial charge in [0.05, 0.1) is 20.4 Å². The number of methoxy groups -OCH3 is 2. The molecule has 0 aliphatic heterocycles. The third kappa shape index (κ3) is 3.46. The molecule has 3 aromatic rings. The molecule has 0 bridgehead atoms. The first-order valence-electron chi connectivity index (χ1n) is 7.78. The van der Waals surface area contributed by atoms with Crippen LogP contribution in [0.4, 0.5) is 0 Å². The maximum atomic E-state index is 12.2. The van der Waals surface area contributed by atoms with Gasteiger partial charge in [0, 0.05) is 17.0 Å². The van der Waals surface area contributed by atoms with Crippen LogP contribution >= 0.6 is 0 Å². The summed E-state index contributed by atoms with van der Waals surface area (Å²) in [6, 6.07) is 7.12. The molecule has 0 aliphatic rings. The fourth-order valence-corrected chi connectivity index (χ4v) is 2.41. The first-order chi connectivity index (χ1) is 12.5. The molecule has 0 unspecified atom stereocenters. The van der Waals surface area contributed by atoms with Crippen molar-refractivity contribution in [2.75, 3.05) is 14.2 Å². The number of nitrogens with zero attached hydrogens (tertiary/aromatic N) is 5. The van der Waals surface area contributed by atoms with Crippen LogP contribution < -0.4 is 14.9 Å². The summed E-state index contributed by atoms with van der Waals surface area (Å²) in [6.45, 7) is 3.72. The Morgan fingerprint density at radius 2 is 2.00 bits per heavy atom. The SMILES string of the molecule is COc1ccc(OC)c(/C=N/NC(=O)c2nc3nc(C)cc(C)n3n2)c1. The third-order valence-electron chi connectivity index (χ3n) is 3.63. The van der Waals surface area contributed by atoms with Crippen LogP contribution in [0.2, 0.25) is 0 Å². The maximum absolute atomic E-state index is 12.2. The molecule has 26 heavy (non-hydrogen) atoms. The zero-order valence-electron chi connectivity index (χ0n) is 14.8. The quantitative estimate of drug-likeness (QED) is 0.550. The molecule has 1 aromatic carbocycles. The topological polar surface area (TPSA) is 103 Å². The summed E-state index contributed by atoms with van der Waals surface area (Å²) in [4.78, 5) is 20.6. The number of aromatic nitrogens is 4. The van der Waals surface area contributed by atoms with Crippen molar-refractivity contribution in [3.63, 3.8) is 0 Å². The fraction of sp³-hybridized carbons (Fsp3) is 0.235. The van der Waals surface area contributed by atoms with Crippen LogP contribution in [0, 0.1) is 13.8 Å². The molecule has 0 saturated carbocycles. The number of carbonyl (C=O) groups excluding carboxylic acids is 1. The molecule has 2 heterocycles. The lowest BCUT2D eigenvalue weighted by molar-refractivity contribution is 0.0945. The summed E-state index contributed by atoms with van der Waals surface area (Å²) in [7, 11) is 3.12. The van der Waals surface area contributed by atoms with Gasteiger partial charge in [0.15, 0.2) is 0 Å². The van der Waals surface area contributed by atoms with Crippen LogP contribution in [-0.4, -0.2) is 45.9 Å². The Hall–Kier alpha value is -3.49. The van der Waals surface area contributed by atoms with Crippen molar-refractivity contribution >= 4 is 17.9 Å². The first kappa shape index (κ1) is 17.3. The number of rotatable bonds is 5. The molecule has 0 saturated heterocycles. The highest BCUT2D eigenvalue weighted by molar-refractivity contribution is 5.92. The number of nitrogens with one attached hydrogen (secondary N) is 1. The van der Waals surface area contributed by atoms with Crippen LogP contribution in [-0.2, 0) is 0 Å². The van der Waals surface area contributed by atoms with Crippen LogP contribution in [0.15, 0.2) is 29.4 Å². The van der Waals surface area contributed by atoms with E-state index >= 15 is 0 Å². The number of aryl methyl sites for hydroxylation is 2. The number of hydrogen-bond donors (Lipinski definition) is 1. The average Bonchev–Trinajstić information content (AvgIpc) is 3.06. The van der Waals surface area contributed by atoms with Crippen molar-refractivity contribution in [2.24, 2.45) is 5.10 Å². The fourth-order valence-electron chi connectivity index (χ4n) is 2.41. The predicted octanol–water partition coefficient (Wildman–Crippen LogP) is 1.52. The molecule has 3 rings (SSSR count). The molecule has 2 aromatic heterocycles. The number of hydrazone groups is 1. The Bertz CT molecular complexity index is 996. The van der Waals surface area contributed by atoms with Crippen molar-refractivity contribution in [3.8, 4) is 11.5 Å². The van der Waals surface area contributed by atoms with E-state index < -0.39 is 5.91 Å². The Labute approximate surface area is 149 Å². The minimum atomic E-state index is -0.536. The van der Waals surface area contributed by atoms with Crippen molar-refractivity contribution in [1.29, 1.82) is 0 Å². The summed E-state index contributed by atoms with van der Waals surface area (Å²) in [5.41, 5.74) is 4.70. The number of fused-ring (bicyclic) bond motifs is 1. The second-order valence-electron chi connectivity index (χ2n) is 5.49. The number of hydrogen-bond acceptors (Lipinski definition) is 7. The highest BCUT2D eigenvalue weighted by Crippen LogP contribution is 2.22. The van der Waals surface area contributed by atoms with Crippen LogP contribution in [0.5, 0.6) is 11.5 Å². The molecule has 134 valence electrons. The van der Waals surface area contributed by atoms with Gasteiger partial charge in [-0.1, -0.05) is 0 Å². The highest BCUT2D eigenvalue weighted by atomic mass is 16.5. The van der Waals surface area contributed by atoms with Gasteiger partial charge in [-0.05, 0) is 38.1 Å². The average molecular weight is 354 g/mol. The van der Waals surface area contributed by atoms with Crippen molar-refractivity contribution in [1.82, 2.24) is 25.0 Å². The van der Waals surface area contributed by atoms with Crippen molar-refractivity contribution < 1.29 is 14.3 Å².